The van der Waals surface area contributed by atoms with Crippen LogP contribution in [0.15, 0.2) is 11.6 Å². The molecule has 0 fully saturated rings. The quantitative estimate of drug-likeness (QED) is 0.393. The maximum Gasteiger partial charge on any atom is 0.335 e. The number of carbonyl (C=O) groups is 3. The zero-order valence-corrected chi connectivity index (χ0v) is 10.1. The number of ether oxygens (including phenoxy) is 2. The fourth-order valence-electron chi connectivity index (χ4n) is 1.14. The molecule has 18 heavy (non-hydrogen) atoms. The first-order valence-corrected chi connectivity index (χ1v) is 5.04. The molecule has 1 amide bonds. The van der Waals surface area contributed by atoms with Crippen molar-refractivity contribution in [1.82, 2.24) is 0 Å². The largest absolute Gasteiger partial charge is 0.466 e. The van der Waals surface area contributed by atoms with Crippen LogP contribution in [0.25, 0.3) is 0 Å². The van der Waals surface area contributed by atoms with E-state index in [1.54, 1.807) is 6.07 Å². The number of amides is 1. The molecule has 0 aromatic rings. The molecule has 0 radical (unpaired) electrons. The zero-order chi connectivity index (χ0) is 14.1. The number of hydrogen-bond donors (Lipinski definition) is 1. The third-order valence-electron chi connectivity index (χ3n) is 1.93. The first kappa shape index (κ1) is 15.6. The number of nitrogens with zero attached hydrogens (tertiary/aromatic N) is 1. The first-order chi connectivity index (χ1) is 8.43. The Labute approximate surface area is 104 Å². The third-order valence-corrected chi connectivity index (χ3v) is 1.93. The molecule has 0 aliphatic carbocycles. The van der Waals surface area contributed by atoms with Crippen LogP contribution in [0, 0.1) is 17.2 Å². The Balaban J connectivity index is 4.83. The average molecular weight is 254 g/mol. The van der Waals surface area contributed by atoms with Crippen LogP contribution in [0.1, 0.15) is 13.3 Å². The number of carbonyl (C=O) groups excluding carboxylic acids is 3. The number of hydrogen-bond acceptors (Lipinski definition) is 6. The number of nitrogens with two attached hydrogens (primary N) is 1. The van der Waals surface area contributed by atoms with Crippen molar-refractivity contribution in [2.24, 2.45) is 11.7 Å². The summed E-state index contributed by atoms with van der Waals surface area (Å²) in [5, 5.41) is 8.77. The summed E-state index contributed by atoms with van der Waals surface area (Å²) in [5.74, 6) is -3.60. The minimum atomic E-state index is -1.38. The molecule has 1 atom stereocenters. The Morgan fingerprint density at radius 1 is 1.44 bits per heavy atom. The molecule has 0 bridgehead atoms. The number of rotatable bonds is 6. The second kappa shape index (κ2) is 7.84. The van der Waals surface area contributed by atoms with Gasteiger partial charge in [-0.3, -0.25) is 9.59 Å². The molecule has 0 aromatic heterocycles. The lowest BCUT2D eigenvalue weighted by atomic mass is 9.99. The van der Waals surface area contributed by atoms with Crippen molar-refractivity contribution in [3.63, 3.8) is 0 Å². The second-order valence-corrected chi connectivity index (χ2v) is 3.24. The molecular weight excluding hydrogens is 240 g/mol. The van der Waals surface area contributed by atoms with Gasteiger partial charge in [-0.05, 0) is 0 Å². The molecule has 98 valence electrons. The summed E-state index contributed by atoms with van der Waals surface area (Å²) >= 11 is 0. The fourth-order valence-corrected chi connectivity index (χ4v) is 1.14. The maximum absolute atomic E-state index is 11.4. The van der Waals surface area contributed by atoms with Gasteiger partial charge >= 0.3 is 11.9 Å². The highest BCUT2D eigenvalue weighted by Gasteiger charge is 2.26. The van der Waals surface area contributed by atoms with Gasteiger partial charge in [-0.25, -0.2) is 4.79 Å². The van der Waals surface area contributed by atoms with Crippen LogP contribution in [-0.2, 0) is 23.9 Å². The summed E-state index contributed by atoms with van der Waals surface area (Å²) in [7, 11) is 1.12. The van der Waals surface area contributed by atoms with E-state index in [4.69, 9.17) is 11.0 Å². The van der Waals surface area contributed by atoms with Gasteiger partial charge in [0.25, 0.3) is 0 Å². The molecule has 0 heterocycles. The Morgan fingerprint density at radius 3 is 2.44 bits per heavy atom. The molecule has 0 aliphatic heterocycles. The number of nitriles is 1. The van der Waals surface area contributed by atoms with Gasteiger partial charge in [0, 0.05) is 13.3 Å². The minimum absolute atomic E-state index is 0.0345. The van der Waals surface area contributed by atoms with E-state index in [0.717, 1.165) is 7.11 Å². The molecule has 0 spiro atoms. The van der Waals surface area contributed by atoms with Gasteiger partial charge in [0.05, 0.1) is 25.4 Å². The van der Waals surface area contributed by atoms with Crippen molar-refractivity contribution in [3.8, 4) is 6.07 Å². The van der Waals surface area contributed by atoms with E-state index in [-0.39, 0.29) is 18.6 Å². The lowest BCUT2D eigenvalue weighted by Gasteiger charge is -2.08. The monoisotopic (exact) mass is 254 g/mol. The van der Waals surface area contributed by atoms with Gasteiger partial charge < -0.3 is 15.2 Å². The summed E-state index contributed by atoms with van der Waals surface area (Å²) < 4.78 is 9.09. The molecule has 1 unspecified atom stereocenters. The molecule has 0 saturated heterocycles. The highest BCUT2D eigenvalue weighted by molar-refractivity contribution is 5.98. The minimum Gasteiger partial charge on any atom is -0.466 e. The first-order valence-electron chi connectivity index (χ1n) is 5.04. The normalized spacial score (nSPS) is 12.2. The van der Waals surface area contributed by atoms with Crippen LogP contribution >= 0.6 is 0 Å². The van der Waals surface area contributed by atoms with E-state index in [1.165, 1.54) is 13.0 Å². The predicted octanol–water partition coefficient (Wildman–Crippen LogP) is -0.336. The predicted molar refractivity (Wildman–Crippen MR) is 59.6 cm³/mol. The van der Waals surface area contributed by atoms with Crippen molar-refractivity contribution < 1.29 is 23.9 Å². The highest BCUT2D eigenvalue weighted by Crippen LogP contribution is 2.13. The summed E-state index contributed by atoms with van der Waals surface area (Å²) in [6, 6.07) is 1.62. The third kappa shape index (κ3) is 5.12. The van der Waals surface area contributed by atoms with E-state index < -0.39 is 23.8 Å². The Bertz CT molecular complexity index is 408. The van der Waals surface area contributed by atoms with E-state index in [9.17, 15) is 14.4 Å². The summed E-state index contributed by atoms with van der Waals surface area (Å²) in [5.41, 5.74) is 4.84. The van der Waals surface area contributed by atoms with Crippen LogP contribution in [0.3, 0.4) is 0 Å². The molecule has 0 aliphatic rings. The SMILES string of the molecule is COC(=O)C(=CCCOC(C)=O)C(C#N)C(N)=O. The molecule has 7 heteroatoms. The van der Waals surface area contributed by atoms with Crippen LogP contribution < -0.4 is 5.73 Å². The topological polar surface area (TPSA) is 119 Å². The number of primary amides is 1. The molecule has 0 saturated carbocycles. The molecule has 0 rings (SSSR count). The van der Waals surface area contributed by atoms with Gasteiger partial charge in [0.2, 0.25) is 5.91 Å². The summed E-state index contributed by atoms with van der Waals surface area (Å²) in [4.78, 5) is 32.9. The van der Waals surface area contributed by atoms with E-state index >= 15 is 0 Å². The van der Waals surface area contributed by atoms with Crippen LogP contribution in [0.2, 0.25) is 0 Å². The van der Waals surface area contributed by atoms with Crippen molar-refractivity contribution >= 4 is 17.8 Å². The zero-order valence-electron chi connectivity index (χ0n) is 10.1. The van der Waals surface area contributed by atoms with Gasteiger partial charge in [-0.2, -0.15) is 5.26 Å². The number of esters is 2. The van der Waals surface area contributed by atoms with Crippen molar-refractivity contribution in [2.75, 3.05) is 13.7 Å². The van der Waals surface area contributed by atoms with Crippen molar-refractivity contribution in [1.29, 1.82) is 5.26 Å². The van der Waals surface area contributed by atoms with E-state index in [2.05, 4.69) is 9.47 Å². The highest BCUT2D eigenvalue weighted by atomic mass is 16.5. The Hall–Kier alpha value is -2.36. The van der Waals surface area contributed by atoms with Crippen LogP contribution in [0.4, 0.5) is 0 Å². The lowest BCUT2D eigenvalue weighted by Crippen LogP contribution is -2.27. The molecular formula is C11H14N2O5. The van der Waals surface area contributed by atoms with E-state index in [0.29, 0.717) is 0 Å². The van der Waals surface area contributed by atoms with E-state index in [1.807, 2.05) is 0 Å². The number of methoxy groups -OCH3 is 1. The van der Waals surface area contributed by atoms with Crippen LogP contribution in [0.5, 0.6) is 0 Å². The fraction of sp³-hybridized carbons (Fsp3) is 0.455. The van der Waals surface area contributed by atoms with Crippen molar-refractivity contribution in [2.45, 2.75) is 13.3 Å². The molecule has 2 N–H and O–H groups in total. The lowest BCUT2D eigenvalue weighted by molar-refractivity contribution is -0.140. The van der Waals surface area contributed by atoms with Gasteiger partial charge in [0.1, 0.15) is 0 Å². The van der Waals surface area contributed by atoms with Gasteiger partial charge in [-0.1, -0.05) is 6.08 Å². The average Bonchev–Trinajstić information content (AvgIpc) is 2.31. The summed E-state index contributed by atoms with van der Waals surface area (Å²) in [6.07, 6.45) is 1.48. The van der Waals surface area contributed by atoms with Crippen molar-refractivity contribution in [3.05, 3.63) is 11.6 Å². The van der Waals surface area contributed by atoms with Gasteiger partial charge in [-0.15, -0.1) is 0 Å². The Kier molecular flexibility index (Phi) is 6.81. The Morgan fingerprint density at radius 2 is 2.06 bits per heavy atom. The maximum atomic E-state index is 11.4. The second-order valence-electron chi connectivity index (χ2n) is 3.24. The van der Waals surface area contributed by atoms with Gasteiger partial charge in [0.15, 0.2) is 5.92 Å². The smallest absolute Gasteiger partial charge is 0.335 e. The molecule has 0 aromatic carbocycles. The van der Waals surface area contributed by atoms with Crippen LogP contribution in [-0.4, -0.2) is 31.6 Å². The standard InChI is InChI=1S/C11H14N2O5/c1-7(14)18-5-3-4-8(11(16)17-2)9(6-12)10(13)15/h4,9H,3,5H2,1-2H3,(H2,13,15). The molecule has 7 nitrogen and oxygen atoms in total. The summed E-state index contributed by atoms with van der Waals surface area (Å²) in [6.45, 7) is 1.28.